The lowest BCUT2D eigenvalue weighted by molar-refractivity contribution is -0.143. The number of carboxylic acids is 4. The van der Waals surface area contributed by atoms with Crippen LogP contribution < -0.4 is 37.9 Å². The van der Waals surface area contributed by atoms with Gasteiger partial charge in [0.1, 0.15) is 24.2 Å². The van der Waals surface area contributed by atoms with Gasteiger partial charge in [-0.25, -0.2) is 24.4 Å². The second-order valence-electron chi connectivity index (χ2n) is 12.2. The van der Waals surface area contributed by atoms with E-state index >= 15 is 0 Å². The van der Waals surface area contributed by atoms with Crippen molar-refractivity contribution in [2.45, 2.75) is 69.2 Å². The van der Waals surface area contributed by atoms with E-state index in [1.54, 1.807) is 18.4 Å². The molecule has 0 saturated carbocycles. The number of benzene rings is 1. The molecule has 0 bridgehead atoms. The monoisotopic (exact) mass is 834 g/mol. The second kappa shape index (κ2) is 22.5. The molecule has 3 amide bonds. The van der Waals surface area contributed by atoms with Crippen molar-refractivity contribution in [2.75, 3.05) is 29.6 Å². The minimum absolute atomic E-state index is 0.00388. The summed E-state index contributed by atoms with van der Waals surface area (Å²) >= 11 is 0. The summed E-state index contributed by atoms with van der Waals surface area (Å²) < 4.78 is 0. The number of nitrogen functional groups attached to an aromatic ring is 1. The Morgan fingerprint density at radius 2 is 1.35 bits per heavy atom. The van der Waals surface area contributed by atoms with Crippen molar-refractivity contribution in [1.29, 1.82) is 0 Å². The Hall–Kier alpha value is -6.01. The molecular formula is C33H42N10O12S2. The maximum Gasteiger partial charge on any atom is 0.326 e. The molecule has 3 rings (SSSR count). The fraction of sp³-hybridized carbons (Fsp3) is 0.424. The number of anilines is 2. The molecule has 4 atom stereocenters. The first-order valence-electron chi connectivity index (χ1n) is 17.1. The number of aromatic nitrogens is 4. The minimum atomic E-state index is -1.57. The van der Waals surface area contributed by atoms with Crippen LogP contribution in [0.25, 0.3) is 11.2 Å². The van der Waals surface area contributed by atoms with Crippen molar-refractivity contribution in [3.63, 3.8) is 0 Å². The van der Waals surface area contributed by atoms with E-state index in [0.29, 0.717) is 11.4 Å². The maximum absolute atomic E-state index is 12.8. The highest BCUT2D eigenvalue weighted by molar-refractivity contribution is 8.76. The van der Waals surface area contributed by atoms with Gasteiger partial charge < -0.3 is 52.7 Å². The van der Waals surface area contributed by atoms with Crippen LogP contribution >= 0.6 is 21.6 Å². The molecule has 24 heteroatoms. The summed E-state index contributed by atoms with van der Waals surface area (Å²) in [5.74, 6) is -7.58. The van der Waals surface area contributed by atoms with Crippen molar-refractivity contribution < 1.29 is 54.0 Å². The number of hydrogen-bond donors (Lipinski definition) is 11. The average molecular weight is 835 g/mol. The molecule has 57 heavy (non-hydrogen) atoms. The lowest BCUT2D eigenvalue weighted by Crippen LogP contribution is -2.45. The lowest BCUT2D eigenvalue weighted by atomic mass is 10.1. The molecule has 0 saturated heterocycles. The Balaban J connectivity index is 1.45. The molecule has 0 radical (unpaired) electrons. The highest BCUT2D eigenvalue weighted by Gasteiger charge is 2.26. The van der Waals surface area contributed by atoms with Crippen LogP contribution in [0.5, 0.6) is 0 Å². The number of rotatable bonds is 25. The van der Waals surface area contributed by atoms with Crippen molar-refractivity contribution in [1.82, 2.24) is 41.2 Å². The number of nitrogens with two attached hydrogens (primary N) is 1. The summed E-state index contributed by atoms with van der Waals surface area (Å²) in [5.41, 5.74) is 6.10. The molecule has 0 fully saturated rings. The molecule has 3 aromatic rings. The molecule has 2 aromatic heterocycles. The van der Waals surface area contributed by atoms with Crippen LogP contribution in [0.1, 0.15) is 54.6 Å². The Kier molecular flexibility index (Phi) is 17.9. The first-order valence-corrected chi connectivity index (χ1v) is 19.9. The van der Waals surface area contributed by atoms with Gasteiger partial charge in [-0.05, 0) is 62.7 Å². The highest BCUT2D eigenvalue weighted by Crippen LogP contribution is 2.18. The number of carbonyl (C=O) groups excluding carboxylic acids is 3. The standard InChI is InChI=1S/C33H42N10O12S2/c1-56-57-15-22(32(54)55)35-12-2-3-19(29(48)49)39-23(44)10-8-20(30(50)51)40-24(45)11-9-21(31(52)53)41-27(46)16-4-6-17(7-5-16)36-13-18-14-37-26-25(38-18)28(47)43-33(34)42-26/h4-7,14,19-22,35-36H,2-3,8-13,15H2,1H3,(H,39,44)(H,40,45)(H,41,46)(H,48,49)(H,50,51)(H,52,53)(H,54,55)(H3,34,37,42,43,47). The molecule has 0 aliphatic heterocycles. The zero-order valence-electron chi connectivity index (χ0n) is 30.4. The zero-order valence-corrected chi connectivity index (χ0v) is 32.0. The van der Waals surface area contributed by atoms with Gasteiger partial charge in [-0.15, -0.1) is 0 Å². The van der Waals surface area contributed by atoms with Crippen LogP contribution in [0.2, 0.25) is 0 Å². The Morgan fingerprint density at radius 3 is 1.91 bits per heavy atom. The van der Waals surface area contributed by atoms with E-state index in [2.05, 4.69) is 46.5 Å². The summed E-state index contributed by atoms with van der Waals surface area (Å²) in [5, 5.41) is 50.7. The average Bonchev–Trinajstić information content (AvgIpc) is 3.16. The van der Waals surface area contributed by atoms with Crippen LogP contribution in [-0.2, 0) is 35.3 Å². The third kappa shape index (κ3) is 15.2. The zero-order chi connectivity index (χ0) is 42.1. The van der Waals surface area contributed by atoms with Crippen molar-refractivity contribution in [3.05, 3.63) is 52.1 Å². The number of aromatic amines is 1. The van der Waals surface area contributed by atoms with Gasteiger partial charge in [-0.2, -0.15) is 4.98 Å². The van der Waals surface area contributed by atoms with Gasteiger partial charge >= 0.3 is 23.9 Å². The predicted octanol–water partition coefficient (Wildman–Crippen LogP) is -0.376. The van der Waals surface area contributed by atoms with Gasteiger partial charge in [0.05, 0.1) is 18.4 Å². The number of carbonyl (C=O) groups is 7. The van der Waals surface area contributed by atoms with Crippen LogP contribution in [0.15, 0.2) is 35.3 Å². The molecule has 1 aromatic carbocycles. The van der Waals surface area contributed by atoms with E-state index in [0.717, 1.165) is 0 Å². The normalized spacial score (nSPS) is 13.1. The molecular weight excluding hydrogens is 793 g/mol. The summed E-state index contributed by atoms with van der Waals surface area (Å²) in [4.78, 5) is 111. The van der Waals surface area contributed by atoms with E-state index in [-0.39, 0.29) is 54.4 Å². The number of fused-ring (bicyclic) bond motifs is 1. The molecule has 308 valence electrons. The smallest absolute Gasteiger partial charge is 0.326 e. The molecule has 0 aliphatic rings. The molecule has 22 nitrogen and oxygen atoms in total. The predicted molar refractivity (Wildman–Crippen MR) is 207 cm³/mol. The van der Waals surface area contributed by atoms with Crippen molar-refractivity contribution >= 4 is 86.0 Å². The quantitative estimate of drug-likeness (QED) is 0.0383. The van der Waals surface area contributed by atoms with E-state index < -0.39 is 97.0 Å². The summed E-state index contributed by atoms with van der Waals surface area (Å²) in [6.45, 7) is 0.320. The molecule has 0 spiro atoms. The first-order chi connectivity index (χ1) is 27.1. The fourth-order valence-electron chi connectivity index (χ4n) is 5.02. The van der Waals surface area contributed by atoms with Crippen molar-refractivity contribution in [3.8, 4) is 0 Å². The number of nitrogens with zero attached hydrogens (tertiary/aromatic N) is 3. The number of hydrogen-bond acceptors (Lipinski definition) is 16. The third-order valence-corrected chi connectivity index (χ3v) is 9.83. The summed E-state index contributed by atoms with van der Waals surface area (Å²) in [6, 6.07) is 0.654. The lowest BCUT2D eigenvalue weighted by Gasteiger charge is -2.18. The number of H-pyrrole nitrogens is 1. The number of carboxylic acid groups (broad SMARTS) is 4. The molecule has 0 aliphatic carbocycles. The maximum atomic E-state index is 12.8. The van der Waals surface area contributed by atoms with Gasteiger partial charge in [0.2, 0.25) is 17.8 Å². The Morgan fingerprint density at radius 1 is 0.789 bits per heavy atom. The van der Waals surface area contributed by atoms with E-state index in [4.69, 9.17) is 5.73 Å². The Bertz CT molecular complexity index is 1980. The molecule has 2 heterocycles. The van der Waals surface area contributed by atoms with Crippen molar-refractivity contribution in [2.24, 2.45) is 0 Å². The van der Waals surface area contributed by atoms with Crippen LogP contribution in [0, 0.1) is 0 Å². The van der Waals surface area contributed by atoms with Gasteiger partial charge in [0.15, 0.2) is 11.2 Å². The first kappa shape index (κ1) is 45.4. The third-order valence-electron chi connectivity index (χ3n) is 8.01. The van der Waals surface area contributed by atoms with E-state index in [9.17, 15) is 58.8 Å². The highest BCUT2D eigenvalue weighted by atomic mass is 33.1. The number of aliphatic carboxylic acids is 4. The molecule has 12 N–H and O–H groups in total. The summed E-state index contributed by atoms with van der Waals surface area (Å²) in [7, 11) is 2.75. The SMILES string of the molecule is CSSCC(NCCCC(NC(=O)CCC(NC(=O)CCC(NC(=O)c1ccc(NCc2cnc3nc(N)[nH]c(=O)c3n2)cc1)C(=O)O)C(=O)O)C(=O)O)C(=O)O. The van der Waals surface area contributed by atoms with Crippen LogP contribution in [0.3, 0.4) is 0 Å². The fourth-order valence-corrected chi connectivity index (χ4v) is 6.37. The van der Waals surface area contributed by atoms with Crippen LogP contribution in [0.4, 0.5) is 11.6 Å². The largest absolute Gasteiger partial charge is 0.480 e. The number of nitrogens with one attached hydrogen (secondary N) is 6. The van der Waals surface area contributed by atoms with E-state index in [1.807, 2.05) is 0 Å². The minimum Gasteiger partial charge on any atom is -0.480 e. The summed E-state index contributed by atoms with van der Waals surface area (Å²) in [6.07, 6.45) is 1.59. The topological polar surface area (TPSA) is 358 Å². The second-order valence-corrected chi connectivity index (χ2v) is 14.8. The van der Waals surface area contributed by atoms with Crippen LogP contribution in [-0.4, -0.2) is 125 Å². The van der Waals surface area contributed by atoms with E-state index in [1.165, 1.54) is 39.9 Å². The number of amides is 3. The van der Waals surface area contributed by atoms with Gasteiger partial charge in [-0.3, -0.25) is 29.0 Å². The van der Waals surface area contributed by atoms with Gasteiger partial charge in [-0.1, -0.05) is 21.6 Å². The van der Waals surface area contributed by atoms with Gasteiger partial charge in [0.25, 0.3) is 11.5 Å². The van der Waals surface area contributed by atoms with Gasteiger partial charge in [0, 0.05) is 29.8 Å². The molecule has 4 unspecified atom stereocenters. The Labute approximate surface area is 331 Å².